The van der Waals surface area contributed by atoms with Gasteiger partial charge in [0.2, 0.25) is 5.91 Å². The second-order valence-electron chi connectivity index (χ2n) is 4.05. The average molecular weight is 303 g/mol. The topological polar surface area (TPSA) is 101 Å². The van der Waals surface area contributed by atoms with Crippen molar-refractivity contribution in [1.29, 1.82) is 0 Å². The predicted molar refractivity (Wildman–Crippen MR) is 68.7 cm³/mol. The number of carboxylic acid groups (broad SMARTS) is 1. The molecular formula is C12H14FNO5S. The molecule has 0 radical (unpaired) electrons. The quantitative estimate of drug-likeness (QED) is 0.810. The third-order valence-corrected chi connectivity index (χ3v) is 4.44. The molecule has 20 heavy (non-hydrogen) atoms. The molecule has 1 amide bonds. The molecule has 0 aliphatic rings. The largest absolute Gasteiger partial charge is 0.478 e. The first-order valence-corrected chi connectivity index (χ1v) is 7.39. The molecule has 1 aromatic carbocycles. The van der Waals surface area contributed by atoms with E-state index in [2.05, 4.69) is 5.32 Å². The summed E-state index contributed by atoms with van der Waals surface area (Å²) in [7, 11) is -2.45. The van der Waals surface area contributed by atoms with Crippen molar-refractivity contribution < 1.29 is 27.5 Å². The Labute approximate surface area is 115 Å². The van der Waals surface area contributed by atoms with Gasteiger partial charge in [-0.05, 0) is 24.6 Å². The zero-order valence-corrected chi connectivity index (χ0v) is 11.5. The van der Waals surface area contributed by atoms with Crippen molar-refractivity contribution in [2.45, 2.75) is 17.7 Å². The van der Waals surface area contributed by atoms with Crippen LogP contribution in [0.1, 0.15) is 23.2 Å². The molecule has 0 saturated carbocycles. The second-order valence-corrected chi connectivity index (χ2v) is 6.12. The summed E-state index contributed by atoms with van der Waals surface area (Å²) in [5.74, 6) is -3.14. The number of aromatic carboxylic acids is 1. The van der Waals surface area contributed by atoms with Crippen LogP contribution in [0.3, 0.4) is 0 Å². The highest BCUT2D eigenvalue weighted by Crippen LogP contribution is 2.18. The maximum Gasteiger partial charge on any atom is 0.335 e. The summed E-state index contributed by atoms with van der Waals surface area (Å²) in [5.41, 5.74) is -0.327. The van der Waals surface area contributed by atoms with Gasteiger partial charge in [0.15, 0.2) is 9.84 Å². The van der Waals surface area contributed by atoms with E-state index in [-0.39, 0.29) is 30.1 Å². The standard InChI is InChI=1S/C12H14FNO5S/c1-14-11(15)3-2-6-20(18,19)10-5-4-8(12(16)17)7-9(10)13/h4-5,7H,2-3,6H2,1H3,(H,14,15)(H,16,17). The monoisotopic (exact) mass is 303 g/mol. The molecular weight excluding hydrogens is 289 g/mol. The Morgan fingerprint density at radius 3 is 2.50 bits per heavy atom. The highest BCUT2D eigenvalue weighted by Gasteiger charge is 2.20. The summed E-state index contributed by atoms with van der Waals surface area (Å²) >= 11 is 0. The van der Waals surface area contributed by atoms with Crippen LogP contribution in [0.25, 0.3) is 0 Å². The number of sulfone groups is 1. The van der Waals surface area contributed by atoms with Crippen molar-refractivity contribution in [2.75, 3.05) is 12.8 Å². The van der Waals surface area contributed by atoms with E-state index in [4.69, 9.17) is 5.11 Å². The van der Waals surface area contributed by atoms with Gasteiger partial charge in [0.25, 0.3) is 0 Å². The molecule has 0 heterocycles. The van der Waals surface area contributed by atoms with Crippen molar-refractivity contribution in [3.05, 3.63) is 29.6 Å². The van der Waals surface area contributed by atoms with E-state index in [1.807, 2.05) is 0 Å². The van der Waals surface area contributed by atoms with Crippen molar-refractivity contribution >= 4 is 21.7 Å². The third-order valence-electron chi connectivity index (χ3n) is 2.61. The van der Waals surface area contributed by atoms with Crippen LogP contribution < -0.4 is 5.32 Å². The van der Waals surface area contributed by atoms with E-state index in [1.54, 1.807) is 0 Å². The number of carboxylic acids is 1. The zero-order chi connectivity index (χ0) is 15.3. The Hall–Kier alpha value is -1.96. The molecule has 110 valence electrons. The number of hydrogen-bond donors (Lipinski definition) is 2. The van der Waals surface area contributed by atoms with Gasteiger partial charge in [-0.1, -0.05) is 0 Å². The van der Waals surface area contributed by atoms with Gasteiger partial charge in [0, 0.05) is 13.5 Å². The molecule has 0 aliphatic heterocycles. The molecule has 0 saturated heterocycles. The van der Waals surface area contributed by atoms with Crippen molar-refractivity contribution in [3.8, 4) is 0 Å². The van der Waals surface area contributed by atoms with Crippen LogP contribution in [0.4, 0.5) is 4.39 Å². The van der Waals surface area contributed by atoms with Crippen molar-refractivity contribution in [3.63, 3.8) is 0 Å². The number of hydrogen-bond acceptors (Lipinski definition) is 4. The first-order valence-electron chi connectivity index (χ1n) is 5.74. The molecule has 0 atom stereocenters. The summed E-state index contributed by atoms with van der Waals surface area (Å²) in [6.07, 6.45) is 0.0761. The number of halogens is 1. The molecule has 1 rings (SSSR count). The molecule has 0 spiro atoms. The lowest BCUT2D eigenvalue weighted by atomic mass is 10.2. The van der Waals surface area contributed by atoms with E-state index < -0.39 is 26.5 Å². The van der Waals surface area contributed by atoms with Crippen LogP contribution in [0.15, 0.2) is 23.1 Å². The van der Waals surface area contributed by atoms with Gasteiger partial charge in [-0.25, -0.2) is 17.6 Å². The third kappa shape index (κ3) is 4.02. The summed E-state index contributed by atoms with van der Waals surface area (Å²) in [5, 5.41) is 11.0. The molecule has 1 aromatic rings. The van der Waals surface area contributed by atoms with Crippen molar-refractivity contribution in [1.82, 2.24) is 5.32 Å². The number of amides is 1. The highest BCUT2D eigenvalue weighted by atomic mass is 32.2. The van der Waals surface area contributed by atoms with Crippen LogP contribution in [0, 0.1) is 5.82 Å². The van der Waals surface area contributed by atoms with Gasteiger partial charge < -0.3 is 10.4 Å². The number of benzene rings is 1. The molecule has 0 unspecified atom stereocenters. The molecule has 0 aliphatic carbocycles. The number of nitrogens with one attached hydrogen (secondary N) is 1. The fourth-order valence-electron chi connectivity index (χ4n) is 1.54. The van der Waals surface area contributed by atoms with Crippen LogP contribution in [0.2, 0.25) is 0 Å². The zero-order valence-electron chi connectivity index (χ0n) is 10.7. The summed E-state index contributed by atoms with van der Waals surface area (Å²) in [6.45, 7) is 0. The fourth-order valence-corrected chi connectivity index (χ4v) is 2.92. The SMILES string of the molecule is CNC(=O)CCCS(=O)(=O)c1ccc(C(=O)O)cc1F. The first kappa shape index (κ1) is 16.1. The van der Waals surface area contributed by atoms with Crippen LogP contribution in [0.5, 0.6) is 0 Å². The second kappa shape index (κ2) is 6.47. The maximum absolute atomic E-state index is 13.6. The smallest absolute Gasteiger partial charge is 0.335 e. The Morgan fingerprint density at radius 1 is 1.35 bits per heavy atom. The van der Waals surface area contributed by atoms with Gasteiger partial charge in [-0.2, -0.15) is 0 Å². The Morgan fingerprint density at radius 2 is 2.00 bits per heavy atom. The molecule has 2 N–H and O–H groups in total. The van der Waals surface area contributed by atoms with E-state index in [9.17, 15) is 22.4 Å². The lowest BCUT2D eigenvalue weighted by Gasteiger charge is -2.06. The minimum absolute atomic E-state index is 0.0184. The highest BCUT2D eigenvalue weighted by molar-refractivity contribution is 7.91. The van der Waals surface area contributed by atoms with Crippen LogP contribution in [-0.2, 0) is 14.6 Å². The van der Waals surface area contributed by atoms with E-state index in [1.165, 1.54) is 7.05 Å². The summed E-state index contributed by atoms with van der Waals surface area (Å²) < 4.78 is 37.4. The van der Waals surface area contributed by atoms with Gasteiger partial charge in [-0.15, -0.1) is 0 Å². The molecule has 8 heteroatoms. The maximum atomic E-state index is 13.6. The van der Waals surface area contributed by atoms with E-state index in [0.29, 0.717) is 6.07 Å². The predicted octanol–water partition coefficient (Wildman–Crippen LogP) is 0.824. The Bertz CT molecular complexity index is 627. The fraction of sp³-hybridized carbons (Fsp3) is 0.333. The van der Waals surface area contributed by atoms with Crippen LogP contribution in [-0.4, -0.2) is 38.2 Å². The molecule has 6 nitrogen and oxygen atoms in total. The Balaban J connectivity index is 2.87. The lowest BCUT2D eigenvalue weighted by Crippen LogP contribution is -2.19. The van der Waals surface area contributed by atoms with E-state index >= 15 is 0 Å². The van der Waals surface area contributed by atoms with Gasteiger partial charge >= 0.3 is 5.97 Å². The Kier molecular flexibility index (Phi) is 5.20. The minimum Gasteiger partial charge on any atom is -0.478 e. The normalized spacial score (nSPS) is 11.1. The molecule has 0 aromatic heterocycles. The average Bonchev–Trinajstić information content (AvgIpc) is 2.37. The first-order chi connectivity index (χ1) is 9.27. The van der Waals surface area contributed by atoms with Crippen molar-refractivity contribution in [2.24, 2.45) is 0 Å². The van der Waals surface area contributed by atoms with E-state index in [0.717, 1.165) is 12.1 Å². The number of carbonyl (C=O) groups is 2. The minimum atomic E-state index is -3.89. The van der Waals surface area contributed by atoms with Gasteiger partial charge in [0.05, 0.1) is 11.3 Å². The molecule has 0 fully saturated rings. The molecule has 0 bridgehead atoms. The summed E-state index contributed by atoms with van der Waals surface area (Å²) in [6, 6.07) is 2.61. The number of carbonyl (C=O) groups excluding carboxylic acids is 1. The summed E-state index contributed by atoms with van der Waals surface area (Å²) in [4.78, 5) is 21.1. The van der Waals surface area contributed by atoms with Gasteiger partial charge in [0.1, 0.15) is 10.7 Å². The van der Waals surface area contributed by atoms with Crippen LogP contribution >= 0.6 is 0 Å². The van der Waals surface area contributed by atoms with Gasteiger partial charge in [-0.3, -0.25) is 4.79 Å². The number of rotatable bonds is 6. The lowest BCUT2D eigenvalue weighted by molar-refractivity contribution is -0.120.